The van der Waals surface area contributed by atoms with Crippen LogP contribution >= 0.6 is 0 Å². The zero-order valence-corrected chi connectivity index (χ0v) is 20.0. The summed E-state index contributed by atoms with van der Waals surface area (Å²) in [5.41, 5.74) is 1.55. The molecule has 1 aliphatic rings. The number of piperidine rings is 1. The number of likely N-dealkylation sites (tertiary alicyclic amines) is 1. The van der Waals surface area contributed by atoms with Crippen molar-refractivity contribution in [2.45, 2.75) is 38.6 Å². The standard InChI is InChI=1S/C26H32N2O6/c1-18(29)4-5-19-6-8-21(9-7-19)34-17-25(30)27-20-12-14-28(15-13-20)26(31)23-11-10-22(32-2)16-24(23)33-3/h6-11,16,20H,4-5,12-15,17H2,1-3H3,(H,27,30). The van der Waals surface area contributed by atoms with E-state index in [9.17, 15) is 14.4 Å². The first-order valence-electron chi connectivity index (χ1n) is 11.4. The Bertz CT molecular complexity index is 997. The van der Waals surface area contributed by atoms with Gasteiger partial charge in [-0.1, -0.05) is 12.1 Å². The molecule has 34 heavy (non-hydrogen) atoms. The Morgan fingerprint density at radius 2 is 1.65 bits per heavy atom. The number of rotatable bonds is 10. The van der Waals surface area contributed by atoms with Crippen LogP contribution in [0.3, 0.4) is 0 Å². The highest BCUT2D eigenvalue weighted by atomic mass is 16.5. The molecule has 0 aromatic heterocycles. The average Bonchev–Trinajstić information content (AvgIpc) is 2.86. The van der Waals surface area contributed by atoms with E-state index in [1.165, 1.54) is 7.11 Å². The number of hydrogen-bond donors (Lipinski definition) is 1. The number of ketones is 1. The summed E-state index contributed by atoms with van der Waals surface area (Å²) in [6.07, 6.45) is 2.55. The minimum atomic E-state index is -0.192. The molecule has 182 valence electrons. The van der Waals surface area contributed by atoms with Gasteiger partial charge in [0.2, 0.25) is 0 Å². The van der Waals surface area contributed by atoms with Crippen molar-refractivity contribution in [2.24, 2.45) is 0 Å². The fourth-order valence-corrected chi connectivity index (χ4v) is 3.86. The molecule has 0 unspecified atom stereocenters. The molecule has 0 saturated carbocycles. The molecule has 0 aliphatic carbocycles. The molecule has 0 bridgehead atoms. The number of ether oxygens (including phenoxy) is 3. The number of hydrogen-bond acceptors (Lipinski definition) is 6. The molecule has 0 radical (unpaired) electrons. The lowest BCUT2D eigenvalue weighted by molar-refractivity contribution is -0.124. The second-order valence-electron chi connectivity index (χ2n) is 8.33. The highest BCUT2D eigenvalue weighted by Gasteiger charge is 2.26. The topological polar surface area (TPSA) is 94.2 Å². The predicted octanol–water partition coefficient (Wildman–Crippen LogP) is 3.03. The summed E-state index contributed by atoms with van der Waals surface area (Å²) in [6, 6.07) is 12.6. The molecule has 2 aromatic rings. The van der Waals surface area contributed by atoms with Gasteiger partial charge in [-0.25, -0.2) is 0 Å². The zero-order valence-electron chi connectivity index (χ0n) is 20.0. The van der Waals surface area contributed by atoms with Crippen molar-refractivity contribution in [1.82, 2.24) is 10.2 Å². The van der Waals surface area contributed by atoms with Gasteiger partial charge in [0.25, 0.3) is 11.8 Å². The number of nitrogens with one attached hydrogen (secondary N) is 1. The number of amides is 2. The van der Waals surface area contributed by atoms with E-state index in [1.807, 2.05) is 12.1 Å². The molecule has 0 atom stereocenters. The van der Waals surface area contributed by atoms with E-state index in [0.29, 0.717) is 61.6 Å². The average molecular weight is 469 g/mol. The van der Waals surface area contributed by atoms with Gasteiger partial charge in [-0.15, -0.1) is 0 Å². The van der Waals surface area contributed by atoms with Crippen molar-refractivity contribution in [1.29, 1.82) is 0 Å². The van der Waals surface area contributed by atoms with Crippen LogP contribution in [0.2, 0.25) is 0 Å². The summed E-state index contributed by atoms with van der Waals surface area (Å²) in [4.78, 5) is 38.1. The largest absolute Gasteiger partial charge is 0.497 e. The summed E-state index contributed by atoms with van der Waals surface area (Å²) in [7, 11) is 3.09. The molecule has 1 aliphatic heterocycles. The van der Waals surface area contributed by atoms with Crippen LogP contribution < -0.4 is 19.5 Å². The fraction of sp³-hybridized carbons (Fsp3) is 0.423. The smallest absolute Gasteiger partial charge is 0.258 e. The Labute approximate surface area is 200 Å². The van der Waals surface area contributed by atoms with Gasteiger partial charge in [0, 0.05) is 31.6 Å². The molecule has 3 rings (SSSR count). The van der Waals surface area contributed by atoms with Gasteiger partial charge >= 0.3 is 0 Å². The third-order valence-electron chi connectivity index (χ3n) is 5.85. The van der Waals surface area contributed by atoms with Crippen LogP contribution in [0, 0.1) is 0 Å². The van der Waals surface area contributed by atoms with Gasteiger partial charge in [0.1, 0.15) is 23.0 Å². The maximum Gasteiger partial charge on any atom is 0.258 e. The first-order chi connectivity index (χ1) is 16.4. The van der Waals surface area contributed by atoms with Crippen LogP contribution in [-0.4, -0.2) is 62.5 Å². The van der Waals surface area contributed by atoms with E-state index < -0.39 is 0 Å². The van der Waals surface area contributed by atoms with Gasteiger partial charge in [0.15, 0.2) is 6.61 Å². The minimum absolute atomic E-state index is 0.00753. The second kappa shape index (κ2) is 12.1. The third kappa shape index (κ3) is 6.97. The molecule has 2 amide bonds. The van der Waals surface area contributed by atoms with Gasteiger partial charge < -0.3 is 29.2 Å². The van der Waals surface area contributed by atoms with Crippen molar-refractivity contribution in [3.05, 3.63) is 53.6 Å². The van der Waals surface area contributed by atoms with Crippen LogP contribution in [0.5, 0.6) is 17.2 Å². The Morgan fingerprint density at radius 3 is 2.26 bits per heavy atom. The molecule has 8 heteroatoms. The number of nitrogens with zero attached hydrogens (tertiary/aromatic N) is 1. The zero-order chi connectivity index (χ0) is 24.5. The van der Waals surface area contributed by atoms with Crippen molar-refractivity contribution < 1.29 is 28.6 Å². The minimum Gasteiger partial charge on any atom is -0.497 e. The SMILES string of the molecule is COc1ccc(C(=O)N2CCC(NC(=O)COc3ccc(CCC(C)=O)cc3)CC2)c(OC)c1. The quantitative estimate of drug-likeness (QED) is 0.576. The first kappa shape index (κ1) is 25.1. The van der Waals surface area contributed by atoms with E-state index in [1.54, 1.807) is 49.3 Å². The number of benzene rings is 2. The van der Waals surface area contributed by atoms with E-state index >= 15 is 0 Å². The molecule has 8 nitrogen and oxygen atoms in total. The lowest BCUT2D eigenvalue weighted by atomic mass is 10.0. The van der Waals surface area contributed by atoms with Crippen molar-refractivity contribution >= 4 is 17.6 Å². The van der Waals surface area contributed by atoms with Gasteiger partial charge in [-0.2, -0.15) is 0 Å². The Morgan fingerprint density at radius 1 is 0.971 bits per heavy atom. The van der Waals surface area contributed by atoms with Crippen LogP contribution in [0.1, 0.15) is 42.1 Å². The molecule has 1 saturated heterocycles. The maximum atomic E-state index is 12.9. The molecule has 1 fully saturated rings. The van der Waals surface area contributed by atoms with Gasteiger partial charge in [-0.05, 0) is 56.0 Å². The molecular weight excluding hydrogens is 436 g/mol. The van der Waals surface area contributed by atoms with Crippen LogP contribution in [0.15, 0.2) is 42.5 Å². The number of carbonyl (C=O) groups is 3. The maximum absolute atomic E-state index is 12.9. The highest BCUT2D eigenvalue weighted by Crippen LogP contribution is 2.26. The normalized spacial score (nSPS) is 13.8. The summed E-state index contributed by atoms with van der Waals surface area (Å²) in [5.74, 6) is 1.58. The van der Waals surface area contributed by atoms with Crippen LogP contribution in [0.4, 0.5) is 0 Å². The number of methoxy groups -OCH3 is 2. The number of Topliss-reactive ketones (excluding diaryl/α,β-unsaturated/α-hetero) is 1. The Hall–Kier alpha value is -3.55. The fourth-order valence-electron chi connectivity index (χ4n) is 3.86. The Kier molecular flexibility index (Phi) is 8.90. The second-order valence-corrected chi connectivity index (χ2v) is 8.33. The summed E-state index contributed by atoms with van der Waals surface area (Å²) < 4.78 is 16.1. The van der Waals surface area contributed by atoms with Gasteiger partial charge in [-0.3, -0.25) is 9.59 Å². The van der Waals surface area contributed by atoms with E-state index in [0.717, 1.165) is 5.56 Å². The molecule has 1 heterocycles. The molecule has 0 spiro atoms. The first-order valence-corrected chi connectivity index (χ1v) is 11.4. The van der Waals surface area contributed by atoms with Crippen LogP contribution in [-0.2, 0) is 16.0 Å². The molecular formula is C26H32N2O6. The highest BCUT2D eigenvalue weighted by molar-refractivity contribution is 5.97. The number of aryl methyl sites for hydroxylation is 1. The molecule has 1 N–H and O–H groups in total. The van der Waals surface area contributed by atoms with E-state index in [4.69, 9.17) is 14.2 Å². The lowest BCUT2D eigenvalue weighted by Gasteiger charge is -2.32. The van der Waals surface area contributed by atoms with Gasteiger partial charge in [0.05, 0.1) is 19.8 Å². The summed E-state index contributed by atoms with van der Waals surface area (Å²) in [6.45, 7) is 2.59. The third-order valence-corrected chi connectivity index (χ3v) is 5.85. The van der Waals surface area contributed by atoms with Crippen LogP contribution in [0.25, 0.3) is 0 Å². The van der Waals surface area contributed by atoms with Crippen molar-refractivity contribution in [3.63, 3.8) is 0 Å². The van der Waals surface area contributed by atoms with E-state index in [2.05, 4.69) is 5.32 Å². The summed E-state index contributed by atoms with van der Waals surface area (Å²) >= 11 is 0. The summed E-state index contributed by atoms with van der Waals surface area (Å²) in [5, 5.41) is 2.99. The number of carbonyl (C=O) groups excluding carboxylic acids is 3. The van der Waals surface area contributed by atoms with Crippen molar-refractivity contribution in [2.75, 3.05) is 33.9 Å². The molecule has 2 aromatic carbocycles. The Balaban J connectivity index is 1.43. The monoisotopic (exact) mass is 468 g/mol. The van der Waals surface area contributed by atoms with E-state index in [-0.39, 0.29) is 30.2 Å². The van der Waals surface area contributed by atoms with Crippen molar-refractivity contribution in [3.8, 4) is 17.2 Å². The lowest BCUT2D eigenvalue weighted by Crippen LogP contribution is -2.47. The predicted molar refractivity (Wildman–Crippen MR) is 128 cm³/mol.